The van der Waals surface area contributed by atoms with Gasteiger partial charge in [-0.25, -0.2) is 0 Å². The van der Waals surface area contributed by atoms with E-state index >= 15 is 0 Å². The lowest BCUT2D eigenvalue weighted by Crippen LogP contribution is -2.32. The van der Waals surface area contributed by atoms with Crippen molar-refractivity contribution >= 4 is 0 Å². The fourth-order valence-corrected chi connectivity index (χ4v) is 0.854. The molecule has 0 unspecified atom stereocenters. The van der Waals surface area contributed by atoms with Gasteiger partial charge in [-0.1, -0.05) is 34.6 Å². The molecule has 0 spiro atoms. The summed E-state index contributed by atoms with van der Waals surface area (Å²) >= 11 is 0. The van der Waals surface area contributed by atoms with E-state index in [4.69, 9.17) is 0 Å². The predicted octanol–water partition coefficient (Wildman–Crippen LogP) is 1.80. The van der Waals surface area contributed by atoms with Gasteiger partial charge in [0.05, 0.1) is 12.2 Å². The first-order valence-electron chi connectivity index (χ1n) is 4.61. The average molecular weight is 174 g/mol. The molecule has 0 aliphatic carbocycles. The third kappa shape index (κ3) is 4.07. The Balaban J connectivity index is 3.93. The molecule has 0 aromatic rings. The van der Waals surface area contributed by atoms with Gasteiger partial charge in [0.15, 0.2) is 0 Å². The van der Waals surface area contributed by atoms with Crippen molar-refractivity contribution in [1.82, 2.24) is 0 Å². The second-order valence-corrected chi connectivity index (χ2v) is 4.93. The molecule has 2 N–H and O–H groups in total. The van der Waals surface area contributed by atoms with Crippen LogP contribution in [0, 0.1) is 11.3 Å². The van der Waals surface area contributed by atoms with Crippen LogP contribution in [0.3, 0.4) is 0 Å². The Kier molecular flexibility index (Phi) is 4.21. The van der Waals surface area contributed by atoms with Gasteiger partial charge in [-0.05, 0) is 17.8 Å². The molecule has 0 amide bonds. The maximum absolute atomic E-state index is 9.64. The second-order valence-electron chi connectivity index (χ2n) is 4.93. The summed E-state index contributed by atoms with van der Waals surface area (Å²) in [6.07, 6.45) is -0.338. The molecular weight excluding hydrogens is 152 g/mol. The van der Waals surface area contributed by atoms with Crippen molar-refractivity contribution in [3.05, 3.63) is 0 Å². The maximum Gasteiger partial charge on any atom is 0.0613 e. The van der Waals surface area contributed by atoms with Crippen LogP contribution in [-0.4, -0.2) is 22.4 Å². The molecule has 0 aliphatic rings. The van der Waals surface area contributed by atoms with Crippen molar-refractivity contribution in [3.63, 3.8) is 0 Å². The van der Waals surface area contributed by atoms with Gasteiger partial charge in [0.25, 0.3) is 0 Å². The van der Waals surface area contributed by atoms with E-state index in [0.29, 0.717) is 6.42 Å². The third-order valence-corrected chi connectivity index (χ3v) is 2.23. The van der Waals surface area contributed by atoms with Gasteiger partial charge in [-0.2, -0.15) is 0 Å². The topological polar surface area (TPSA) is 40.5 Å². The fraction of sp³-hybridized carbons (Fsp3) is 1.00. The van der Waals surface area contributed by atoms with Gasteiger partial charge >= 0.3 is 0 Å². The van der Waals surface area contributed by atoms with Gasteiger partial charge in [0.2, 0.25) is 0 Å². The van der Waals surface area contributed by atoms with E-state index in [9.17, 15) is 10.2 Å². The van der Waals surface area contributed by atoms with Gasteiger partial charge < -0.3 is 10.2 Å². The van der Waals surface area contributed by atoms with Crippen LogP contribution in [0.25, 0.3) is 0 Å². The normalized spacial score (nSPS) is 18.0. The molecule has 12 heavy (non-hydrogen) atoms. The summed E-state index contributed by atoms with van der Waals surface area (Å²) in [7, 11) is 0. The van der Waals surface area contributed by atoms with Crippen LogP contribution in [-0.2, 0) is 0 Å². The summed E-state index contributed by atoms with van der Waals surface area (Å²) in [5, 5.41) is 19.1. The molecule has 0 saturated heterocycles. The zero-order valence-corrected chi connectivity index (χ0v) is 8.83. The molecule has 0 aromatic carbocycles. The molecule has 74 valence electrons. The molecule has 0 bridgehead atoms. The Hall–Kier alpha value is -0.0800. The average Bonchev–Trinajstić information content (AvgIpc) is 1.85. The van der Waals surface area contributed by atoms with Gasteiger partial charge in [0, 0.05) is 0 Å². The van der Waals surface area contributed by atoms with Crippen LogP contribution in [0.4, 0.5) is 0 Å². The molecule has 0 heterocycles. The smallest absolute Gasteiger partial charge is 0.0613 e. The van der Waals surface area contributed by atoms with E-state index in [1.54, 1.807) is 0 Å². The van der Waals surface area contributed by atoms with E-state index < -0.39 is 6.10 Å². The van der Waals surface area contributed by atoms with Crippen LogP contribution < -0.4 is 0 Å². The van der Waals surface area contributed by atoms with Crippen LogP contribution >= 0.6 is 0 Å². The minimum absolute atomic E-state index is 0.129. The van der Waals surface area contributed by atoms with Crippen molar-refractivity contribution in [2.45, 2.75) is 53.2 Å². The number of aliphatic hydroxyl groups excluding tert-OH is 2. The molecule has 0 aromatic heterocycles. The van der Waals surface area contributed by atoms with Crippen LogP contribution in [0.2, 0.25) is 0 Å². The van der Waals surface area contributed by atoms with Crippen molar-refractivity contribution in [1.29, 1.82) is 0 Å². The highest BCUT2D eigenvalue weighted by atomic mass is 16.3. The summed E-state index contributed by atoms with van der Waals surface area (Å²) in [6.45, 7) is 9.85. The maximum atomic E-state index is 9.64. The van der Waals surface area contributed by atoms with Crippen molar-refractivity contribution in [2.75, 3.05) is 0 Å². The van der Waals surface area contributed by atoms with Crippen LogP contribution in [0.15, 0.2) is 0 Å². The third-order valence-electron chi connectivity index (χ3n) is 2.23. The first-order valence-corrected chi connectivity index (χ1v) is 4.61. The van der Waals surface area contributed by atoms with Crippen LogP contribution in [0.1, 0.15) is 41.0 Å². The lowest BCUT2D eigenvalue weighted by Gasteiger charge is -2.28. The monoisotopic (exact) mass is 174 g/mol. The standard InChI is InChI=1S/C10H22O2/c1-7(2)8(11)6-9(12)10(3,4)5/h7-9,11-12H,6H2,1-5H3/t8-,9+/m0/s1. The number of hydrogen-bond acceptors (Lipinski definition) is 2. The Labute approximate surface area is 75.6 Å². The Bertz CT molecular complexity index is 124. The Morgan fingerprint density at radius 1 is 1.08 bits per heavy atom. The van der Waals surface area contributed by atoms with E-state index in [0.717, 1.165) is 0 Å². The van der Waals surface area contributed by atoms with Crippen molar-refractivity contribution in [2.24, 2.45) is 11.3 Å². The molecule has 2 atom stereocenters. The van der Waals surface area contributed by atoms with Crippen molar-refractivity contribution in [3.8, 4) is 0 Å². The summed E-state index contributed by atoms with van der Waals surface area (Å²) < 4.78 is 0. The highest BCUT2D eigenvalue weighted by Gasteiger charge is 2.25. The number of hydrogen-bond donors (Lipinski definition) is 2. The zero-order valence-electron chi connectivity index (χ0n) is 8.83. The van der Waals surface area contributed by atoms with Gasteiger partial charge in [-0.3, -0.25) is 0 Å². The van der Waals surface area contributed by atoms with E-state index in [1.807, 2.05) is 34.6 Å². The largest absolute Gasteiger partial charge is 0.393 e. The zero-order chi connectivity index (χ0) is 9.94. The Morgan fingerprint density at radius 2 is 1.50 bits per heavy atom. The first kappa shape index (κ1) is 11.9. The number of aliphatic hydroxyl groups is 2. The summed E-state index contributed by atoms with van der Waals surface area (Å²) in [5.41, 5.74) is -0.129. The van der Waals surface area contributed by atoms with E-state index in [1.165, 1.54) is 0 Å². The predicted molar refractivity (Wildman–Crippen MR) is 50.9 cm³/mol. The number of rotatable bonds is 3. The SMILES string of the molecule is CC(C)[C@@H](O)C[C@@H](O)C(C)(C)C. The summed E-state index contributed by atoms with van der Waals surface area (Å²) in [6, 6.07) is 0. The lowest BCUT2D eigenvalue weighted by molar-refractivity contribution is -0.000369. The highest BCUT2D eigenvalue weighted by Crippen LogP contribution is 2.24. The molecule has 0 fully saturated rings. The lowest BCUT2D eigenvalue weighted by atomic mass is 9.84. The van der Waals surface area contributed by atoms with E-state index in [2.05, 4.69) is 0 Å². The molecule has 0 aliphatic heterocycles. The fourth-order valence-electron chi connectivity index (χ4n) is 0.854. The molecule has 0 radical (unpaired) electrons. The van der Waals surface area contributed by atoms with Crippen LogP contribution in [0.5, 0.6) is 0 Å². The molecule has 0 saturated carbocycles. The molecule has 2 heteroatoms. The van der Waals surface area contributed by atoms with Gasteiger partial charge in [0.1, 0.15) is 0 Å². The summed E-state index contributed by atoms with van der Waals surface area (Å²) in [4.78, 5) is 0. The first-order chi connectivity index (χ1) is 5.25. The molecular formula is C10H22O2. The second kappa shape index (κ2) is 4.24. The highest BCUT2D eigenvalue weighted by molar-refractivity contribution is 4.76. The van der Waals surface area contributed by atoms with E-state index in [-0.39, 0.29) is 17.4 Å². The molecule has 2 nitrogen and oxygen atoms in total. The van der Waals surface area contributed by atoms with Crippen molar-refractivity contribution < 1.29 is 10.2 Å². The quantitative estimate of drug-likeness (QED) is 0.685. The minimum atomic E-state index is -0.421. The molecule has 0 rings (SSSR count). The summed E-state index contributed by atoms with van der Waals surface area (Å²) in [5.74, 6) is 0.224. The minimum Gasteiger partial charge on any atom is -0.393 e. The van der Waals surface area contributed by atoms with Gasteiger partial charge in [-0.15, -0.1) is 0 Å². The Morgan fingerprint density at radius 3 is 1.75 bits per heavy atom.